The fraction of sp³-hybridized carbons (Fsp3) is 0.292. The number of aromatic nitrogens is 3. The number of anilines is 1. The number of carbonyl (C=O) groups is 2. The first-order valence-corrected chi connectivity index (χ1v) is 11.0. The molecule has 4 heterocycles. The number of amides is 2. The van der Waals surface area contributed by atoms with Crippen LogP contribution in [0, 0.1) is 6.92 Å². The number of halogens is 1. The van der Waals surface area contributed by atoms with Crippen molar-refractivity contribution in [2.45, 2.75) is 26.5 Å². The molecule has 2 aromatic heterocycles. The molecule has 0 saturated heterocycles. The number of hydrogen-bond donors (Lipinski definition) is 2. The number of rotatable bonds is 0. The van der Waals surface area contributed by atoms with E-state index in [0.717, 1.165) is 22.5 Å². The predicted molar refractivity (Wildman–Crippen MR) is 127 cm³/mol. The van der Waals surface area contributed by atoms with Crippen LogP contribution in [0.1, 0.15) is 39.9 Å². The van der Waals surface area contributed by atoms with Crippen molar-refractivity contribution in [1.29, 1.82) is 0 Å². The Kier molecular flexibility index (Phi) is 5.14. The van der Waals surface area contributed by atoms with E-state index in [9.17, 15) is 9.59 Å². The molecule has 0 spiro atoms. The van der Waals surface area contributed by atoms with Crippen LogP contribution in [-0.2, 0) is 23.2 Å². The maximum atomic E-state index is 13.3. The summed E-state index contributed by atoms with van der Waals surface area (Å²) in [5.41, 5.74) is 6.06. The van der Waals surface area contributed by atoms with Crippen LogP contribution in [0.5, 0.6) is 0 Å². The third-order valence-electron chi connectivity index (χ3n) is 6.16. The molecule has 8 nitrogen and oxygen atoms in total. The maximum Gasteiger partial charge on any atom is 0.256 e. The standard InChI is InChI=1S/C24H24ClN5O3/c1-12-5-17-20(26-12)8-16-15-6-14(7-19(25)22(15)27-23(16)31)18-9-29(3)28-21(18)11-33-10-13(2)30(4)24(17)32/h5-9,13,26H,10-11H2,1-4H3,(H,27,31)/b16-8-/t13-/m0/s1. The summed E-state index contributed by atoms with van der Waals surface area (Å²) in [6.07, 6.45) is 3.63. The molecular weight excluding hydrogens is 442 g/mol. The topological polar surface area (TPSA) is 92.2 Å². The summed E-state index contributed by atoms with van der Waals surface area (Å²) in [7, 11) is 3.60. The Morgan fingerprint density at radius 1 is 1.15 bits per heavy atom. The molecule has 0 radical (unpaired) electrons. The Balaban J connectivity index is 1.75. The van der Waals surface area contributed by atoms with Crippen LogP contribution < -0.4 is 5.32 Å². The molecule has 5 rings (SSSR count). The van der Waals surface area contributed by atoms with Crippen molar-refractivity contribution < 1.29 is 14.3 Å². The minimum atomic E-state index is -0.268. The highest BCUT2D eigenvalue weighted by atomic mass is 35.5. The van der Waals surface area contributed by atoms with E-state index < -0.39 is 0 Å². The van der Waals surface area contributed by atoms with Gasteiger partial charge < -0.3 is 19.9 Å². The van der Waals surface area contributed by atoms with E-state index in [2.05, 4.69) is 15.4 Å². The molecule has 1 atom stereocenters. The lowest BCUT2D eigenvalue weighted by molar-refractivity contribution is -0.110. The summed E-state index contributed by atoms with van der Waals surface area (Å²) in [6, 6.07) is 5.39. The number of benzene rings is 1. The summed E-state index contributed by atoms with van der Waals surface area (Å²) in [5.74, 6) is -0.420. The number of ether oxygens (including phenoxy) is 1. The Morgan fingerprint density at radius 2 is 1.94 bits per heavy atom. The lowest BCUT2D eigenvalue weighted by Gasteiger charge is -2.25. The van der Waals surface area contributed by atoms with Crippen molar-refractivity contribution in [3.8, 4) is 11.1 Å². The van der Waals surface area contributed by atoms with Gasteiger partial charge in [0.15, 0.2) is 0 Å². The Morgan fingerprint density at radius 3 is 2.73 bits per heavy atom. The van der Waals surface area contributed by atoms with Crippen LogP contribution in [0.15, 0.2) is 24.4 Å². The van der Waals surface area contributed by atoms with Crippen molar-refractivity contribution in [1.82, 2.24) is 19.7 Å². The number of fused-ring (bicyclic) bond motifs is 4. The number of aryl methyl sites for hydroxylation is 2. The molecule has 0 saturated carbocycles. The van der Waals surface area contributed by atoms with Gasteiger partial charge in [-0.15, -0.1) is 0 Å². The SMILES string of the molecule is Cc1cc2c([nH]1)/C=C1\C(=O)Nc3c(Cl)cc(cc31)-c1cn(C)nc1COC[C@H](C)N(C)C2=O. The van der Waals surface area contributed by atoms with Gasteiger partial charge in [0.25, 0.3) is 11.8 Å². The van der Waals surface area contributed by atoms with Gasteiger partial charge in [0.05, 0.1) is 52.5 Å². The number of carbonyl (C=O) groups excluding carboxylic acids is 2. The highest BCUT2D eigenvalue weighted by Crippen LogP contribution is 2.42. The van der Waals surface area contributed by atoms with Crippen molar-refractivity contribution in [2.75, 3.05) is 19.0 Å². The smallest absolute Gasteiger partial charge is 0.256 e. The van der Waals surface area contributed by atoms with E-state index >= 15 is 0 Å². The zero-order valence-electron chi connectivity index (χ0n) is 18.8. The minimum Gasteiger partial charge on any atom is -0.373 e. The molecule has 2 aliphatic heterocycles. The van der Waals surface area contributed by atoms with Crippen molar-refractivity contribution in [2.24, 2.45) is 7.05 Å². The van der Waals surface area contributed by atoms with Gasteiger partial charge >= 0.3 is 0 Å². The highest BCUT2D eigenvalue weighted by molar-refractivity contribution is 6.41. The molecule has 0 aliphatic carbocycles. The summed E-state index contributed by atoms with van der Waals surface area (Å²) in [6.45, 7) is 4.45. The number of nitrogens with zero attached hydrogens (tertiary/aromatic N) is 3. The van der Waals surface area contributed by atoms with E-state index in [4.69, 9.17) is 16.3 Å². The normalized spacial score (nSPS) is 19.8. The van der Waals surface area contributed by atoms with Gasteiger partial charge in [0, 0.05) is 37.1 Å². The van der Waals surface area contributed by atoms with Crippen LogP contribution in [0.3, 0.4) is 0 Å². The quantitative estimate of drug-likeness (QED) is 0.527. The van der Waals surface area contributed by atoms with Gasteiger partial charge in [-0.25, -0.2) is 0 Å². The monoisotopic (exact) mass is 465 g/mol. The van der Waals surface area contributed by atoms with Crippen molar-refractivity contribution in [3.05, 3.63) is 57.6 Å². The Labute approximate surface area is 196 Å². The molecule has 33 heavy (non-hydrogen) atoms. The molecule has 170 valence electrons. The molecular formula is C24H24ClN5O3. The first-order valence-electron chi connectivity index (χ1n) is 10.7. The molecule has 0 fully saturated rings. The zero-order valence-corrected chi connectivity index (χ0v) is 19.6. The van der Waals surface area contributed by atoms with Crippen LogP contribution in [0.2, 0.25) is 5.02 Å². The zero-order chi connectivity index (χ0) is 23.4. The lowest BCUT2D eigenvalue weighted by Crippen LogP contribution is -2.38. The van der Waals surface area contributed by atoms with Gasteiger partial charge in [0.1, 0.15) is 0 Å². The molecule has 2 bridgehead atoms. The van der Waals surface area contributed by atoms with Crippen molar-refractivity contribution in [3.63, 3.8) is 0 Å². The summed E-state index contributed by atoms with van der Waals surface area (Å²) in [4.78, 5) is 31.1. The largest absolute Gasteiger partial charge is 0.373 e. The highest BCUT2D eigenvalue weighted by Gasteiger charge is 2.30. The Bertz CT molecular complexity index is 1340. The summed E-state index contributed by atoms with van der Waals surface area (Å²) >= 11 is 6.59. The number of aromatic amines is 1. The number of nitrogens with one attached hydrogen (secondary N) is 2. The first-order chi connectivity index (χ1) is 15.7. The van der Waals surface area contributed by atoms with E-state index in [1.165, 1.54) is 0 Å². The van der Waals surface area contributed by atoms with Gasteiger partial charge in [0.2, 0.25) is 0 Å². The molecule has 2 N–H and O–H groups in total. The fourth-order valence-electron chi connectivity index (χ4n) is 4.30. The van der Waals surface area contributed by atoms with Gasteiger partial charge in [-0.3, -0.25) is 14.3 Å². The second-order valence-corrected chi connectivity index (χ2v) is 9.02. The van der Waals surface area contributed by atoms with E-state index in [1.54, 1.807) is 28.8 Å². The van der Waals surface area contributed by atoms with Crippen LogP contribution in [-0.4, -0.2) is 51.2 Å². The summed E-state index contributed by atoms with van der Waals surface area (Å²) in [5, 5.41) is 7.85. The molecule has 9 heteroatoms. The van der Waals surface area contributed by atoms with E-state index in [-0.39, 0.29) is 24.5 Å². The molecule has 2 amide bonds. The third kappa shape index (κ3) is 3.65. The van der Waals surface area contributed by atoms with E-state index in [1.807, 2.05) is 39.2 Å². The maximum absolute atomic E-state index is 13.3. The second kappa shape index (κ2) is 7.90. The predicted octanol–water partition coefficient (Wildman–Crippen LogP) is 3.86. The molecule has 0 unspecified atom stereocenters. The fourth-order valence-corrected chi connectivity index (χ4v) is 4.57. The molecule has 2 aliphatic rings. The molecule has 1 aromatic carbocycles. The van der Waals surface area contributed by atoms with E-state index in [0.29, 0.717) is 39.7 Å². The van der Waals surface area contributed by atoms with Gasteiger partial charge in [-0.1, -0.05) is 11.6 Å². The van der Waals surface area contributed by atoms with Gasteiger partial charge in [-0.2, -0.15) is 5.10 Å². The van der Waals surface area contributed by atoms with Crippen LogP contribution >= 0.6 is 11.6 Å². The summed E-state index contributed by atoms with van der Waals surface area (Å²) < 4.78 is 7.69. The third-order valence-corrected chi connectivity index (χ3v) is 6.46. The Hall–Kier alpha value is -3.36. The number of hydrogen-bond acceptors (Lipinski definition) is 4. The minimum absolute atomic E-state index is 0.152. The number of H-pyrrole nitrogens is 1. The average Bonchev–Trinajstić information content (AvgIpc) is 3.42. The van der Waals surface area contributed by atoms with Crippen LogP contribution in [0.4, 0.5) is 5.69 Å². The van der Waals surface area contributed by atoms with Crippen LogP contribution in [0.25, 0.3) is 22.8 Å². The average molecular weight is 466 g/mol. The number of likely N-dealkylation sites (N-methyl/N-ethyl adjacent to an activating group) is 1. The van der Waals surface area contributed by atoms with Crippen molar-refractivity contribution >= 4 is 40.8 Å². The lowest BCUT2D eigenvalue weighted by atomic mass is 9.98. The molecule has 3 aromatic rings. The van der Waals surface area contributed by atoms with Gasteiger partial charge in [-0.05, 0) is 43.7 Å². The second-order valence-electron chi connectivity index (χ2n) is 8.62. The first kappa shape index (κ1) is 21.5.